The van der Waals surface area contributed by atoms with Crippen LogP contribution >= 0.6 is 0 Å². The minimum Gasteiger partial charge on any atom is -0.300 e. The maximum absolute atomic E-state index is 9.00. The number of pyridine rings is 1. The third-order valence-electron chi connectivity index (χ3n) is 2.20. The smallest absolute Gasteiger partial charge is 0.222 e. The van der Waals surface area contributed by atoms with Gasteiger partial charge in [-0.15, -0.1) is 0 Å². The maximum atomic E-state index is 9.00. The molecule has 0 amide bonds. The van der Waals surface area contributed by atoms with E-state index in [1.54, 1.807) is 12.4 Å². The Hall–Kier alpha value is -1.09. The Morgan fingerprint density at radius 2 is 1.92 bits per heavy atom. The Labute approximate surface area is 79.2 Å². The SMILES string of the molecule is CC(C)N(C)Cc1cc[n+](O)cc1. The molecule has 0 saturated heterocycles. The fourth-order valence-electron chi connectivity index (χ4n) is 1.03. The first kappa shape index (κ1) is 9.99. The van der Waals surface area contributed by atoms with Crippen molar-refractivity contribution in [2.45, 2.75) is 26.4 Å². The Morgan fingerprint density at radius 3 is 2.38 bits per heavy atom. The number of rotatable bonds is 3. The molecule has 0 aliphatic carbocycles. The van der Waals surface area contributed by atoms with Crippen molar-refractivity contribution in [3.05, 3.63) is 30.1 Å². The third-order valence-corrected chi connectivity index (χ3v) is 2.20. The fourth-order valence-corrected chi connectivity index (χ4v) is 1.03. The third kappa shape index (κ3) is 3.03. The summed E-state index contributed by atoms with van der Waals surface area (Å²) in [7, 11) is 2.09. The minimum atomic E-state index is 0.543. The van der Waals surface area contributed by atoms with Crippen LogP contribution in [0.5, 0.6) is 0 Å². The molecule has 3 nitrogen and oxygen atoms in total. The molecule has 72 valence electrons. The summed E-state index contributed by atoms with van der Waals surface area (Å²) in [5, 5.41) is 9.00. The van der Waals surface area contributed by atoms with Gasteiger partial charge < -0.3 is 0 Å². The van der Waals surface area contributed by atoms with Crippen LogP contribution in [0, 0.1) is 0 Å². The molecule has 0 aromatic carbocycles. The molecule has 1 aromatic rings. The highest BCUT2D eigenvalue weighted by atomic mass is 16.5. The molecular formula is C10H17N2O+. The van der Waals surface area contributed by atoms with E-state index in [-0.39, 0.29) is 0 Å². The highest BCUT2D eigenvalue weighted by molar-refractivity contribution is 5.06. The van der Waals surface area contributed by atoms with Gasteiger partial charge in [0.25, 0.3) is 0 Å². The van der Waals surface area contributed by atoms with Crippen LogP contribution < -0.4 is 4.73 Å². The van der Waals surface area contributed by atoms with E-state index in [1.807, 2.05) is 12.1 Å². The molecule has 0 aliphatic rings. The van der Waals surface area contributed by atoms with E-state index in [1.165, 1.54) is 5.56 Å². The quantitative estimate of drug-likeness (QED) is 0.557. The number of hydrogen-bond donors (Lipinski definition) is 1. The lowest BCUT2D eigenvalue weighted by Gasteiger charge is -2.20. The summed E-state index contributed by atoms with van der Waals surface area (Å²) in [6.07, 6.45) is 3.28. The molecule has 0 atom stereocenters. The molecular weight excluding hydrogens is 164 g/mol. The van der Waals surface area contributed by atoms with Crippen molar-refractivity contribution >= 4 is 0 Å². The Balaban J connectivity index is 2.59. The number of aromatic nitrogens is 1. The normalized spacial score (nSPS) is 11.2. The van der Waals surface area contributed by atoms with Crippen LogP contribution in [0.4, 0.5) is 0 Å². The molecule has 0 unspecified atom stereocenters. The Morgan fingerprint density at radius 1 is 1.38 bits per heavy atom. The largest absolute Gasteiger partial charge is 0.300 e. The average molecular weight is 181 g/mol. The molecule has 0 aliphatic heterocycles. The molecule has 0 saturated carbocycles. The minimum absolute atomic E-state index is 0.543. The number of hydrogen-bond acceptors (Lipinski definition) is 2. The van der Waals surface area contributed by atoms with Gasteiger partial charge in [-0.3, -0.25) is 10.1 Å². The first-order chi connectivity index (χ1) is 6.09. The Bertz CT molecular complexity index is 256. The molecule has 0 bridgehead atoms. The Kier molecular flexibility index (Phi) is 3.25. The first-order valence-corrected chi connectivity index (χ1v) is 4.49. The lowest BCUT2D eigenvalue weighted by molar-refractivity contribution is -0.904. The average Bonchev–Trinajstić information content (AvgIpc) is 2.08. The van der Waals surface area contributed by atoms with E-state index in [4.69, 9.17) is 5.21 Å². The van der Waals surface area contributed by atoms with Gasteiger partial charge in [-0.05, 0) is 26.5 Å². The predicted octanol–water partition coefficient (Wildman–Crippen LogP) is 1.05. The summed E-state index contributed by atoms with van der Waals surface area (Å²) in [5.41, 5.74) is 1.21. The van der Waals surface area contributed by atoms with E-state index in [0.29, 0.717) is 6.04 Å². The summed E-state index contributed by atoms with van der Waals surface area (Å²) >= 11 is 0. The van der Waals surface area contributed by atoms with Gasteiger partial charge in [0.1, 0.15) is 0 Å². The predicted molar refractivity (Wildman–Crippen MR) is 50.4 cm³/mol. The second-order valence-electron chi connectivity index (χ2n) is 3.60. The van der Waals surface area contributed by atoms with Gasteiger partial charge in [-0.1, -0.05) is 0 Å². The highest BCUT2D eigenvalue weighted by Gasteiger charge is 2.05. The highest BCUT2D eigenvalue weighted by Crippen LogP contribution is 2.03. The van der Waals surface area contributed by atoms with Crippen molar-refractivity contribution in [3.8, 4) is 0 Å². The summed E-state index contributed by atoms with van der Waals surface area (Å²) < 4.78 is 1.05. The molecule has 1 rings (SSSR count). The topological polar surface area (TPSA) is 27.4 Å². The second kappa shape index (κ2) is 4.23. The zero-order valence-corrected chi connectivity index (χ0v) is 8.44. The molecule has 13 heavy (non-hydrogen) atoms. The van der Waals surface area contributed by atoms with Crippen molar-refractivity contribution in [2.24, 2.45) is 0 Å². The van der Waals surface area contributed by atoms with E-state index in [0.717, 1.165) is 11.3 Å². The van der Waals surface area contributed by atoms with Crippen LogP contribution in [0.2, 0.25) is 0 Å². The van der Waals surface area contributed by atoms with Crippen LogP contribution in [0.1, 0.15) is 19.4 Å². The van der Waals surface area contributed by atoms with Crippen LogP contribution in [0.15, 0.2) is 24.5 Å². The monoisotopic (exact) mass is 181 g/mol. The summed E-state index contributed by atoms with van der Waals surface area (Å²) in [6, 6.07) is 4.37. The maximum Gasteiger partial charge on any atom is 0.222 e. The van der Waals surface area contributed by atoms with Crippen LogP contribution in [0.3, 0.4) is 0 Å². The van der Waals surface area contributed by atoms with Gasteiger partial charge in [0, 0.05) is 29.4 Å². The van der Waals surface area contributed by atoms with Gasteiger partial charge in [-0.2, -0.15) is 0 Å². The summed E-state index contributed by atoms with van der Waals surface area (Å²) in [6.45, 7) is 5.24. The zero-order valence-electron chi connectivity index (χ0n) is 8.44. The van der Waals surface area contributed by atoms with E-state index in [2.05, 4.69) is 25.8 Å². The van der Waals surface area contributed by atoms with Gasteiger partial charge in [0.2, 0.25) is 12.4 Å². The van der Waals surface area contributed by atoms with Crippen LogP contribution in [0.25, 0.3) is 0 Å². The molecule has 0 spiro atoms. The molecule has 0 radical (unpaired) electrons. The molecule has 1 N–H and O–H groups in total. The zero-order chi connectivity index (χ0) is 9.84. The lowest BCUT2D eigenvalue weighted by atomic mass is 10.2. The van der Waals surface area contributed by atoms with Crippen molar-refractivity contribution in [1.82, 2.24) is 4.90 Å². The van der Waals surface area contributed by atoms with Gasteiger partial charge >= 0.3 is 0 Å². The van der Waals surface area contributed by atoms with Gasteiger partial charge in [-0.25, -0.2) is 0 Å². The fraction of sp³-hybridized carbons (Fsp3) is 0.500. The lowest BCUT2D eigenvalue weighted by Crippen LogP contribution is -2.29. The van der Waals surface area contributed by atoms with Gasteiger partial charge in [0.05, 0.1) is 0 Å². The first-order valence-electron chi connectivity index (χ1n) is 4.49. The van der Waals surface area contributed by atoms with Gasteiger partial charge in [0.15, 0.2) is 0 Å². The van der Waals surface area contributed by atoms with E-state index < -0.39 is 0 Å². The standard InChI is InChI=1S/C10H17N2O/c1-9(2)11(3)8-10-4-6-12(13)7-5-10/h4-7,9,13H,8H2,1-3H3/q+1. The molecule has 3 heteroatoms. The van der Waals surface area contributed by atoms with Crippen LogP contribution in [-0.4, -0.2) is 23.2 Å². The number of nitrogens with zero attached hydrogens (tertiary/aromatic N) is 2. The van der Waals surface area contributed by atoms with Crippen LogP contribution in [-0.2, 0) is 6.54 Å². The van der Waals surface area contributed by atoms with E-state index in [9.17, 15) is 0 Å². The van der Waals surface area contributed by atoms with Crippen molar-refractivity contribution in [1.29, 1.82) is 0 Å². The van der Waals surface area contributed by atoms with Crippen molar-refractivity contribution in [3.63, 3.8) is 0 Å². The summed E-state index contributed by atoms with van der Waals surface area (Å²) in [5.74, 6) is 0. The molecule has 1 aromatic heterocycles. The van der Waals surface area contributed by atoms with Crippen molar-refractivity contribution in [2.75, 3.05) is 7.05 Å². The van der Waals surface area contributed by atoms with Crippen molar-refractivity contribution < 1.29 is 9.94 Å². The molecule has 0 fully saturated rings. The second-order valence-corrected chi connectivity index (χ2v) is 3.60. The molecule has 1 heterocycles. The van der Waals surface area contributed by atoms with E-state index >= 15 is 0 Å². The summed E-state index contributed by atoms with van der Waals surface area (Å²) in [4.78, 5) is 2.25.